The van der Waals surface area contributed by atoms with Crippen molar-refractivity contribution in [1.82, 2.24) is 0 Å². The maximum Gasteiger partial charge on any atom is 0.489 e. The first-order valence-corrected chi connectivity index (χ1v) is 5.20. The van der Waals surface area contributed by atoms with E-state index in [0.29, 0.717) is 4.90 Å². The van der Waals surface area contributed by atoms with Crippen LogP contribution >= 0.6 is 11.8 Å². The van der Waals surface area contributed by atoms with E-state index in [4.69, 9.17) is 10.0 Å². The fraction of sp³-hybridized carbons (Fsp3) is 0.250. The molecule has 2 nitrogen and oxygen atoms in total. The minimum absolute atomic E-state index is 0.127. The standard InChI is InChI=1S/C8H8BF3O2S/c1-15-7-3-2-5(8(10,11)12)4-6(7)9(13)14/h2-4,13-14H,1H3. The first-order valence-electron chi connectivity index (χ1n) is 3.97. The number of alkyl halides is 3. The Morgan fingerprint density at radius 1 is 1.27 bits per heavy atom. The number of benzene rings is 1. The van der Waals surface area contributed by atoms with Crippen molar-refractivity contribution in [2.24, 2.45) is 0 Å². The van der Waals surface area contributed by atoms with Gasteiger partial charge in [0.25, 0.3) is 0 Å². The summed E-state index contributed by atoms with van der Waals surface area (Å²) in [6.07, 6.45) is -2.82. The van der Waals surface area contributed by atoms with Crippen molar-refractivity contribution in [2.45, 2.75) is 11.1 Å². The van der Waals surface area contributed by atoms with Gasteiger partial charge in [-0.3, -0.25) is 0 Å². The lowest BCUT2D eigenvalue weighted by Gasteiger charge is -2.11. The van der Waals surface area contributed by atoms with Gasteiger partial charge in [0.2, 0.25) is 0 Å². The number of hydrogen-bond acceptors (Lipinski definition) is 3. The number of rotatable bonds is 2. The predicted molar refractivity (Wildman–Crippen MR) is 53.1 cm³/mol. The van der Waals surface area contributed by atoms with E-state index >= 15 is 0 Å². The molecule has 0 aliphatic rings. The maximum absolute atomic E-state index is 12.3. The average Bonchev–Trinajstić information content (AvgIpc) is 2.15. The first kappa shape index (κ1) is 12.4. The zero-order chi connectivity index (χ0) is 11.6. The molecule has 1 aromatic carbocycles. The second-order valence-electron chi connectivity index (χ2n) is 2.83. The SMILES string of the molecule is CSc1ccc(C(F)(F)F)cc1B(O)O. The van der Waals surface area contributed by atoms with Crippen LogP contribution in [0, 0.1) is 0 Å². The maximum atomic E-state index is 12.3. The van der Waals surface area contributed by atoms with Crippen LogP contribution in [0.15, 0.2) is 23.1 Å². The molecule has 0 fully saturated rings. The van der Waals surface area contributed by atoms with Crippen LogP contribution in [0.5, 0.6) is 0 Å². The molecular weight excluding hydrogens is 228 g/mol. The molecule has 0 radical (unpaired) electrons. The van der Waals surface area contributed by atoms with Crippen molar-refractivity contribution in [3.8, 4) is 0 Å². The first-order chi connectivity index (χ1) is 6.86. The smallest absolute Gasteiger partial charge is 0.423 e. The van der Waals surface area contributed by atoms with Gasteiger partial charge in [-0.25, -0.2) is 0 Å². The van der Waals surface area contributed by atoms with Gasteiger partial charge in [0.15, 0.2) is 0 Å². The largest absolute Gasteiger partial charge is 0.489 e. The Kier molecular flexibility index (Phi) is 3.69. The monoisotopic (exact) mass is 236 g/mol. The zero-order valence-electron chi connectivity index (χ0n) is 7.75. The van der Waals surface area contributed by atoms with E-state index in [1.807, 2.05) is 0 Å². The highest BCUT2D eigenvalue weighted by molar-refractivity contribution is 7.98. The third-order valence-electron chi connectivity index (χ3n) is 1.84. The summed E-state index contributed by atoms with van der Waals surface area (Å²) in [6.45, 7) is 0. The number of thioether (sulfide) groups is 1. The second-order valence-corrected chi connectivity index (χ2v) is 3.68. The van der Waals surface area contributed by atoms with Crippen LogP contribution in [0.1, 0.15) is 5.56 Å². The Morgan fingerprint density at radius 2 is 1.87 bits per heavy atom. The molecule has 0 unspecified atom stereocenters. The van der Waals surface area contributed by atoms with Crippen LogP contribution < -0.4 is 5.46 Å². The molecule has 0 spiro atoms. The van der Waals surface area contributed by atoms with E-state index in [1.54, 1.807) is 6.26 Å². The Morgan fingerprint density at radius 3 is 2.27 bits per heavy atom. The Balaban J connectivity index is 3.22. The third-order valence-corrected chi connectivity index (χ3v) is 2.65. The summed E-state index contributed by atoms with van der Waals surface area (Å²) in [6, 6.07) is 2.89. The van der Waals surface area contributed by atoms with Crippen LogP contribution in [0.3, 0.4) is 0 Å². The number of halogens is 3. The predicted octanol–water partition coefficient (Wildman–Crippen LogP) is 1.11. The van der Waals surface area contributed by atoms with Gasteiger partial charge in [0, 0.05) is 4.90 Å². The molecule has 0 saturated carbocycles. The molecule has 0 atom stereocenters. The number of hydrogen-bond donors (Lipinski definition) is 2. The summed E-state index contributed by atoms with van der Waals surface area (Å²) in [5, 5.41) is 17.8. The van der Waals surface area contributed by atoms with Gasteiger partial charge in [0.05, 0.1) is 5.56 Å². The molecule has 0 aromatic heterocycles. The molecule has 1 aromatic rings. The van der Waals surface area contributed by atoms with Crippen molar-refractivity contribution < 1.29 is 23.2 Å². The molecule has 0 aliphatic carbocycles. The lowest BCUT2D eigenvalue weighted by molar-refractivity contribution is -0.137. The van der Waals surface area contributed by atoms with Crippen LogP contribution in [0.25, 0.3) is 0 Å². The Bertz CT molecular complexity index is 354. The fourth-order valence-electron chi connectivity index (χ4n) is 1.11. The summed E-state index contributed by atoms with van der Waals surface area (Å²) >= 11 is 1.16. The highest BCUT2D eigenvalue weighted by atomic mass is 32.2. The fourth-order valence-corrected chi connectivity index (χ4v) is 1.72. The normalized spacial score (nSPS) is 11.6. The zero-order valence-corrected chi connectivity index (χ0v) is 8.56. The van der Waals surface area contributed by atoms with Gasteiger partial charge in [-0.2, -0.15) is 13.2 Å². The van der Waals surface area contributed by atoms with Crippen molar-refractivity contribution in [3.05, 3.63) is 23.8 Å². The quantitative estimate of drug-likeness (QED) is 0.596. The van der Waals surface area contributed by atoms with Crippen molar-refractivity contribution in [3.63, 3.8) is 0 Å². The molecular formula is C8H8BF3O2S. The van der Waals surface area contributed by atoms with Crippen molar-refractivity contribution in [1.29, 1.82) is 0 Å². The van der Waals surface area contributed by atoms with E-state index < -0.39 is 18.9 Å². The molecule has 1 rings (SSSR count). The Labute approximate surface area is 89.3 Å². The van der Waals surface area contributed by atoms with Crippen LogP contribution in [-0.2, 0) is 6.18 Å². The lowest BCUT2D eigenvalue weighted by atomic mass is 9.79. The average molecular weight is 236 g/mol. The molecule has 82 valence electrons. The van der Waals surface area contributed by atoms with Crippen LogP contribution in [-0.4, -0.2) is 23.4 Å². The Hall–Kier alpha value is -0.655. The molecule has 0 heterocycles. The third kappa shape index (κ3) is 2.90. The summed E-state index contributed by atoms with van der Waals surface area (Å²) in [7, 11) is -1.89. The molecule has 0 amide bonds. The van der Waals surface area contributed by atoms with E-state index in [1.165, 1.54) is 6.07 Å². The van der Waals surface area contributed by atoms with Crippen LogP contribution in [0.2, 0.25) is 0 Å². The van der Waals surface area contributed by atoms with Gasteiger partial charge in [-0.05, 0) is 29.9 Å². The van der Waals surface area contributed by atoms with Crippen LogP contribution in [0.4, 0.5) is 13.2 Å². The minimum Gasteiger partial charge on any atom is -0.423 e. The van der Waals surface area contributed by atoms with E-state index in [0.717, 1.165) is 23.9 Å². The van der Waals surface area contributed by atoms with Gasteiger partial charge in [0.1, 0.15) is 0 Å². The van der Waals surface area contributed by atoms with Gasteiger partial charge in [-0.1, -0.05) is 0 Å². The second kappa shape index (κ2) is 4.46. The summed E-state index contributed by atoms with van der Waals surface area (Å²) < 4.78 is 36.9. The highest BCUT2D eigenvalue weighted by Crippen LogP contribution is 2.29. The van der Waals surface area contributed by atoms with E-state index in [2.05, 4.69) is 0 Å². The minimum atomic E-state index is -4.47. The van der Waals surface area contributed by atoms with Crippen molar-refractivity contribution >= 4 is 24.3 Å². The highest BCUT2D eigenvalue weighted by Gasteiger charge is 2.32. The molecule has 2 N–H and O–H groups in total. The molecule has 0 bridgehead atoms. The van der Waals surface area contributed by atoms with Gasteiger partial charge in [-0.15, -0.1) is 11.8 Å². The van der Waals surface area contributed by atoms with E-state index in [9.17, 15) is 13.2 Å². The molecule has 15 heavy (non-hydrogen) atoms. The topological polar surface area (TPSA) is 40.5 Å². The van der Waals surface area contributed by atoms with E-state index in [-0.39, 0.29) is 5.46 Å². The molecule has 0 saturated heterocycles. The van der Waals surface area contributed by atoms with Crippen molar-refractivity contribution in [2.75, 3.05) is 6.26 Å². The van der Waals surface area contributed by atoms with Gasteiger partial charge < -0.3 is 10.0 Å². The van der Waals surface area contributed by atoms with Gasteiger partial charge >= 0.3 is 13.3 Å². The lowest BCUT2D eigenvalue weighted by Crippen LogP contribution is -2.32. The summed E-state index contributed by atoms with van der Waals surface area (Å²) in [5.41, 5.74) is -1.01. The molecule has 0 aliphatic heterocycles. The summed E-state index contributed by atoms with van der Waals surface area (Å²) in [5.74, 6) is 0. The molecule has 7 heteroatoms. The summed E-state index contributed by atoms with van der Waals surface area (Å²) in [4.78, 5) is 0.415.